The lowest BCUT2D eigenvalue weighted by molar-refractivity contribution is -0.129. The molecule has 2 aromatic heterocycles. The van der Waals surface area contributed by atoms with Crippen molar-refractivity contribution in [3.8, 4) is 0 Å². The number of carbonyl (C=O) groups is 1. The van der Waals surface area contributed by atoms with Crippen LogP contribution in [0.3, 0.4) is 0 Å². The highest BCUT2D eigenvalue weighted by atomic mass is 79.9. The van der Waals surface area contributed by atoms with Crippen LogP contribution in [0.2, 0.25) is 0 Å². The molecule has 1 aliphatic rings. The Labute approximate surface area is 120 Å². The Hall–Kier alpha value is -1.36. The average Bonchev–Trinajstić information content (AvgIpc) is 2.77. The molecule has 0 spiro atoms. The fourth-order valence-electron chi connectivity index (χ4n) is 2.76. The number of rotatable bonds is 1. The molecular weight excluding hydrogens is 306 g/mol. The number of halogens is 1. The number of imidazole rings is 1. The first-order valence-electron chi connectivity index (χ1n) is 6.55. The molecular formula is C14H16BrN3O. The summed E-state index contributed by atoms with van der Waals surface area (Å²) in [5.41, 5.74) is 1.10. The lowest BCUT2D eigenvalue weighted by Crippen LogP contribution is -2.36. The lowest BCUT2D eigenvalue weighted by Gasteiger charge is -2.30. The summed E-state index contributed by atoms with van der Waals surface area (Å²) in [5, 5.41) is 0. The summed E-state index contributed by atoms with van der Waals surface area (Å²) in [6.07, 6.45) is 4.03. The van der Waals surface area contributed by atoms with Gasteiger partial charge < -0.3 is 9.30 Å². The second-order valence-corrected chi connectivity index (χ2v) is 5.75. The van der Waals surface area contributed by atoms with E-state index in [0.717, 1.165) is 41.9 Å². The predicted molar refractivity (Wildman–Crippen MR) is 77.1 cm³/mol. The topological polar surface area (TPSA) is 37.6 Å². The van der Waals surface area contributed by atoms with Crippen LogP contribution in [0.25, 0.3) is 5.52 Å². The fourth-order valence-corrected chi connectivity index (χ4v) is 3.27. The van der Waals surface area contributed by atoms with Crippen LogP contribution in [0, 0.1) is 0 Å². The van der Waals surface area contributed by atoms with Crippen molar-refractivity contribution in [1.29, 1.82) is 0 Å². The normalized spacial score (nSPS) is 17.1. The van der Waals surface area contributed by atoms with Gasteiger partial charge in [0.15, 0.2) is 0 Å². The third-order valence-electron chi connectivity index (χ3n) is 3.84. The number of nitrogens with zero attached hydrogens (tertiary/aromatic N) is 3. The van der Waals surface area contributed by atoms with Gasteiger partial charge in [0.2, 0.25) is 5.91 Å². The molecule has 5 heteroatoms. The highest BCUT2D eigenvalue weighted by molar-refractivity contribution is 9.10. The molecule has 0 aliphatic carbocycles. The smallest absolute Gasteiger partial charge is 0.219 e. The largest absolute Gasteiger partial charge is 0.343 e. The van der Waals surface area contributed by atoms with E-state index in [0.29, 0.717) is 5.92 Å². The number of hydrogen-bond donors (Lipinski definition) is 0. The first-order valence-corrected chi connectivity index (χ1v) is 7.34. The van der Waals surface area contributed by atoms with E-state index in [1.807, 2.05) is 17.0 Å². The van der Waals surface area contributed by atoms with Gasteiger partial charge in [-0.1, -0.05) is 6.07 Å². The van der Waals surface area contributed by atoms with Gasteiger partial charge in [0.1, 0.15) is 10.4 Å². The highest BCUT2D eigenvalue weighted by Crippen LogP contribution is 2.30. The van der Waals surface area contributed by atoms with Gasteiger partial charge in [-0.2, -0.15) is 0 Å². The maximum atomic E-state index is 11.4. The van der Waals surface area contributed by atoms with Crippen LogP contribution in [0.4, 0.5) is 0 Å². The van der Waals surface area contributed by atoms with Gasteiger partial charge in [0.05, 0.1) is 5.52 Å². The molecule has 1 fully saturated rings. The van der Waals surface area contributed by atoms with Gasteiger partial charge in [-0.05, 0) is 40.9 Å². The van der Waals surface area contributed by atoms with E-state index in [1.54, 1.807) is 6.92 Å². The second kappa shape index (κ2) is 4.96. The van der Waals surface area contributed by atoms with E-state index < -0.39 is 0 Å². The predicted octanol–water partition coefficient (Wildman–Crippen LogP) is 2.82. The molecule has 2 aromatic rings. The van der Waals surface area contributed by atoms with Crippen LogP contribution < -0.4 is 0 Å². The molecule has 1 amide bonds. The van der Waals surface area contributed by atoms with Crippen LogP contribution in [0.5, 0.6) is 0 Å². The Bertz CT molecular complexity index is 614. The third kappa shape index (κ3) is 2.27. The van der Waals surface area contributed by atoms with Gasteiger partial charge in [-0.25, -0.2) is 4.98 Å². The number of amides is 1. The first-order chi connectivity index (χ1) is 9.16. The molecule has 3 rings (SSSR count). The van der Waals surface area contributed by atoms with E-state index in [9.17, 15) is 4.79 Å². The van der Waals surface area contributed by atoms with Gasteiger partial charge in [0.25, 0.3) is 0 Å². The number of carbonyl (C=O) groups excluding carboxylic acids is 1. The van der Waals surface area contributed by atoms with Crippen molar-refractivity contribution < 1.29 is 4.79 Å². The lowest BCUT2D eigenvalue weighted by atomic mass is 9.96. The second-order valence-electron chi connectivity index (χ2n) is 5.00. The van der Waals surface area contributed by atoms with Crippen LogP contribution in [-0.2, 0) is 4.79 Å². The first kappa shape index (κ1) is 12.7. The molecule has 19 heavy (non-hydrogen) atoms. The Kier molecular flexibility index (Phi) is 3.31. The number of aromatic nitrogens is 2. The molecule has 1 aliphatic heterocycles. The molecule has 0 radical (unpaired) electrons. The van der Waals surface area contributed by atoms with Crippen molar-refractivity contribution in [2.45, 2.75) is 25.7 Å². The van der Waals surface area contributed by atoms with E-state index in [-0.39, 0.29) is 5.91 Å². The highest BCUT2D eigenvalue weighted by Gasteiger charge is 2.25. The van der Waals surface area contributed by atoms with Crippen LogP contribution >= 0.6 is 15.9 Å². The SMILES string of the molecule is CC(=O)N1CCC(c2nc(Br)c3ccccn23)CC1. The van der Waals surface area contributed by atoms with Crippen LogP contribution in [-0.4, -0.2) is 33.3 Å². The summed E-state index contributed by atoms with van der Waals surface area (Å²) in [5.74, 6) is 1.70. The summed E-state index contributed by atoms with van der Waals surface area (Å²) < 4.78 is 3.05. The van der Waals surface area contributed by atoms with Gasteiger partial charge in [0, 0.05) is 32.1 Å². The van der Waals surface area contributed by atoms with E-state index >= 15 is 0 Å². The maximum Gasteiger partial charge on any atom is 0.219 e. The summed E-state index contributed by atoms with van der Waals surface area (Å²) in [4.78, 5) is 17.9. The fraction of sp³-hybridized carbons (Fsp3) is 0.429. The third-order valence-corrected chi connectivity index (χ3v) is 4.42. The number of likely N-dealkylation sites (tertiary alicyclic amines) is 1. The molecule has 100 valence electrons. The molecule has 0 bridgehead atoms. The molecule has 1 saturated heterocycles. The van der Waals surface area contributed by atoms with E-state index in [1.165, 1.54) is 0 Å². The van der Waals surface area contributed by atoms with Crippen molar-refractivity contribution in [1.82, 2.24) is 14.3 Å². The molecule has 0 aromatic carbocycles. The molecule has 4 nitrogen and oxygen atoms in total. The van der Waals surface area contributed by atoms with Crippen molar-refractivity contribution >= 4 is 27.4 Å². The Morgan fingerprint density at radius 3 is 2.79 bits per heavy atom. The minimum absolute atomic E-state index is 0.174. The van der Waals surface area contributed by atoms with Gasteiger partial charge in [-0.15, -0.1) is 0 Å². The summed E-state index contributed by atoms with van der Waals surface area (Å²) >= 11 is 3.52. The zero-order valence-corrected chi connectivity index (χ0v) is 12.4. The zero-order valence-electron chi connectivity index (χ0n) is 10.8. The minimum atomic E-state index is 0.174. The maximum absolute atomic E-state index is 11.4. The number of pyridine rings is 1. The van der Waals surface area contributed by atoms with E-state index in [2.05, 4.69) is 37.6 Å². The quantitative estimate of drug-likeness (QED) is 0.810. The van der Waals surface area contributed by atoms with Crippen molar-refractivity contribution in [3.63, 3.8) is 0 Å². The van der Waals surface area contributed by atoms with Gasteiger partial charge in [-0.3, -0.25) is 4.79 Å². The summed E-state index contributed by atoms with van der Waals surface area (Å²) in [7, 11) is 0. The van der Waals surface area contributed by atoms with Crippen LogP contribution in [0.1, 0.15) is 31.5 Å². The minimum Gasteiger partial charge on any atom is -0.343 e. The zero-order chi connectivity index (χ0) is 13.4. The Balaban J connectivity index is 1.88. The molecule has 0 atom stereocenters. The standard InChI is InChI=1S/C14H16BrN3O/c1-10(19)17-8-5-11(6-9-17)14-16-13(15)12-4-2-3-7-18(12)14/h2-4,7,11H,5-6,8-9H2,1H3. The van der Waals surface area contributed by atoms with E-state index in [4.69, 9.17) is 0 Å². The van der Waals surface area contributed by atoms with Crippen molar-refractivity contribution in [2.75, 3.05) is 13.1 Å². The number of piperidine rings is 1. The molecule has 3 heterocycles. The van der Waals surface area contributed by atoms with Crippen LogP contribution in [0.15, 0.2) is 29.0 Å². The van der Waals surface area contributed by atoms with Crippen molar-refractivity contribution in [2.24, 2.45) is 0 Å². The Morgan fingerprint density at radius 2 is 2.11 bits per heavy atom. The number of hydrogen-bond acceptors (Lipinski definition) is 2. The van der Waals surface area contributed by atoms with Crippen molar-refractivity contribution in [3.05, 3.63) is 34.8 Å². The monoisotopic (exact) mass is 321 g/mol. The summed E-state index contributed by atoms with van der Waals surface area (Å²) in [6, 6.07) is 6.10. The molecule has 0 saturated carbocycles. The molecule has 0 unspecified atom stereocenters. The average molecular weight is 322 g/mol. The van der Waals surface area contributed by atoms with Gasteiger partial charge >= 0.3 is 0 Å². The molecule has 0 N–H and O–H groups in total. The summed E-state index contributed by atoms with van der Waals surface area (Å²) in [6.45, 7) is 3.31. The number of fused-ring (bicyclic) bond motifs is 1. The Morgan fingerprint density at radius 1 is 1.37 bits per heavy atom.